The van der Waals surface area contributed by atoms with Crippen LogP contribution in [0.3, 0.4) is 0 Å². The Labute approximate surface area is 227 Å². The van der Waals surface area contributed by atoms with E-state index in [-0.39, 0.29) is 17.1 Å². The van der Waals surface area contributed by atoms with Gasteiger partial charge in [0.2, 0.25) is 0 Å². The van der Waals surface area contributed by atoms with Crippen molar-refractivity contribution in [1.82, 2.24) is 20.2 Å². The number of hydrogen-bond donors (Lipinski definition) is 1. The number of carbonyl (C=O) groups excluding carboxylic acids is 1. The minimum Gasteiger partial charge on any atom is -0.493 e. The molecule has 0 saturated heterocycles. The van der Waals surface area contributed by atoms with Crippen LogP contribution in [-0.4, -0.2) is 46.9 Å². The molecule has 1 aromatic heterocycles. The molecule has 4 aromatic rings. The van der Waals surface area contributed by atoms with Crippen molar-refractivity contribution < 1.29 is 14.3 Å². The minimum absolute atomic E-state index is 0.0841. The van der Waals surface area contributed by atoms with Crippen molar-refractivity contribution >= 4 is 23.9 Å². The van der Waals surface area contributed by atoms with Crippen molar-refractivity contribution in [1.29, 1.82) is 0 Å². The molecule has 0 fully saturated rings. The number of rotatable bonds is 9. The molecular weight excluding hydrogens is 498 g/mol. The summed E-state index contributed by atoms with van der Waals surface area (Å²) >= 11 is 1.28. The molecule has 0 spiro atoms. The zero-order chi connectivity index (χ0) is 27.1. The van der Waals surface area contributed by atoms with Crippen LogP contribution in [0.5, 0.6) is 11.5 Å². The van der Waals surface area contributed by atoms with Crippen LogP contribution < -0.4 is 14.9 Å². The van der Waals surface area contributed by atoms with E-state index < -0.39 is 0 Å². The van der Waals surface area contributed by atoms with Gasteiger partial charge in [0.05, 0.1) is 26.2 Å². The van der Waals surface area contributed by atoms with Gasteiger partial charge in [-0.2, -0.15) is 5.10 Å². The number of amides is 1. The van der Waals surface area contributed by atoms with Crippen molar-refractivity contribution in [2.75, 3.05) is 20.0 Å². The van der Waals surface area contributed by atoms with Crippen LogP contribution in [0.15, 0.2) is 83.1 Å². The maximum absolute atomic E-state index is 12.5. The van der Waals surface area contributed by atoms with Gasteiger partial charge in [0.1, 0.15) is 0 Å². The number of carbonyl (C=O) groups is 1. The predicted molar refractivity (Wildman–Crippen MR) is 152 cm³/mol. The van der Waals surface area contributed by atoms with E-state index in [4.69, 9.17) is 9.47 Å². The SMILES string of the molecule is COc1ccc(-c2nnc(SCC(=O)NN=Cc3ccc(C(C)(C)C)cc3)n2-c2ccccc2)cc1OC. The fraction of sp³-hybridized carbons (Fsp3) is 0.241. The Morgan fingerprint density at radius 3 is 2.34 bits per heavy atom. The Bertz CT molecular complexity index is 1410. The van der Waals surface area contributed by atoms with Gasteiger partial charge in [-0.15, -0.1) is 10.2 Å². The largest absolute Gasteiger partial charge is 0.493 e. The van der Waals surface area contributed by atoms with Crippen LogP contribution in [-0.2, 0) is 10.2 Å². The highest BCUT2D eigenvalue weighted by Crippen LogP contribution is 2.34. The van der Waals surface area contributed by atoms with E-state index in [0.717, 1.165) is 16.8 Å². The van der Waals surface area contributed by atoms with E-state index in [2.05, 4.69) is 53.6 Å². The maximum Gasteiger partial charge on any atom is 0.250 e. The molecule has 8 nitrogen and oxygen atoms in total. The van der Waals surface area contributed by atoms with Crippen molar-refractivity contribution in [3.8, 4) is 28.6 Å². The van der Waals surface area contributed by atoms with Gasteiger partial charge in [-0.25, -0.2) is 5.43 Å². The predicted octanol–water partition coefficient (Wildman–Crippen LogP) is 5.49. The van der Waals surface area contributed by atoms with Crippen LogP contribution in [0.1, 0.15) is 31.9 Å². The lowest BCUT2D eigenvalue weighted by atomic mass is 9.87. The molecule has 1 amide bonds. The summed E-state index contributed by atoms with van der Waals surface area (Å²) < 4.78 is 12.7. The molecule has 0 atom stereocenters. The third kappa shape index (κ3) is 6.41. The van der Waals surface area contributed by atoms with E-state index in [0.29, 0.717) is 22.5 Å². The summed E-state index contributed by atoms with van der Waals surface area (Å²) in [5, 5.41) is 13.5. The first-order valence-electron chi connectivity index (χ1n) is 12.1. The van der Waals surface area contributed by atoms with Crippen LogP contribution in [0.25, 0.3) is 17.1 Å². The number of aromatic nitrogens is 3. The van der Waals surface area contributed by atoms with Crippen LogP contribution in [0, 0.1) is 0 Å². The molecule has 0 bridgehead atoms. The van der Waals surface area contributed by atoms with Crippen molar-refractivity contribution in [2.45, 2.75) is 31.3 Å². The highest BCUT2D eigenvalue weighted by atomic mass is 32.2. The number of nitrogens with zero attached hydrogens (tertiary/aromatic N) is 4. The standard InChI is InChI=1S/C29H31N5O3S/c1-29(2,3)22-14-11-20(12-15-22)18-30-31-26(35)19-38-28-33-32-27(34(28)23-9-7-6-8-10-23)21-13-16-24(36-4)25(17-21)37-5/h6-18H,19H2,1-5H3,(H,31,35). The second-order valence-electron chi connectivity index (χ2n) is 9.50. The molecule has 0 unspecified atom stereocenters. The van der Waals surface area contributed by atoms with E-state index in [1.165, 1.54) is 17.3 Å². The average molecular weight is 530 g/mol. The Morgan fingerprint density at radius 2 is 1.68 bits per heavy atom. The van der Waals surface area contributed by atoms with E-state index in [1.807, 2.05) is 65.2 Å². The lowest BCUT2D eigenvalue weighted by Crippen LogP contribution is -2.20. The van der Waals surface area contributed by atoms with Crippen molar-refractivity contribution in [3.05, 3.63) is 83.9 Å². The zero-order valence-corrected chi connectivity index (χ0v) is 23.0. The Kier molecular flexibility index (Phi) is 8.48. The van der Waals surface area contributed by atoms with Crippen molar-refractivity contribution in [2.24, 2.45) is 5.10 Å². The second-order valence-corrected chi connectivity index (χ2v) is 10.4. The minimum atomic E-state index is -0.243. The highest BCUT2D eigenvalue weighted by Gasteiger charge is 2.19. The zero-order valence-electron chi connectivity index (χ0n) is 22.1. The summed E-state index contributed by atoms with van der Waals surface area (Å²) in [6.45, 7) is 6.51. The normalized spacial score (nSPS) is 11.5. The molecule has 0 aliphatic heterocycles. The van der Waals surface area contributed by atoms with Gasteiger partial charge < -0.3 is 9.47 Å². The van der Waals surface area contributed by atoms with Crippen LogP contribution >= 0.6 is 11.8 Å². The van der Waals surface area contributed by atoms with Gasteiger partial charge in [-0.3, -0.25) is 9.36 Å². The molecule has 0 radical (unpaired) electrons. The third-order valence-electron chi connectivity index (χ3n) is 5.80. The summed E-state index contributed by atoms with van der Waals surface area (Å²) in [7, 11) is 3.18. The van der Waals surface area contributed by atoms with Crippen molar-refractivity contribution in [3.63, 3.8) is 0 Å². The third-order valence-corrected chi connectivity index (χ3v) is 6.73. The summed E-state index contributed by atoms with van der Waals surface area (Å²) in [4.78, 5) is 12.5. The summed E-state index contributed by atoms with van der Waals surface area (Å²) in [5.41, 5.74) is 6.51. The molecule has 38 heavy (non-hydrogen) atoms. The second kappa shape index (κ2) is 12.0. The molecule has 1 N–H and O–H groups in total. The average Bonchev–Trinajstić information content (AvgIpc) is 3.35. The number of hydrogen-bond acceptors (Lipinski definition) is 7. The monoisotopic (exact) mass is 529 g/mol. The number of benzene rings is 3. The summed E-state index contributed by atoms with van der Waals surface area (Å²) in [5.74, 6) is 1.72. The summed E-state index contributed by atoms with van der Waals surface area (Å²) in [6.07, 6.45) is 1.64. The summed E-state index contributed by atoms with van der Waals surface area (Å²) in [6, 6.07) is 23.5. The number of nitrogens with one attached hydrogen (secondary N) is 1. The fourth-order valence-corrected chi connectivity index (χ4v) is 4.49. The topological polar surface area (TPSA) is 90.6 Å². The Balaban J connectivity index is 1.49. The lowest BCUT2D eigenvalue weighted by Gasteiger charge is -2.18. The van der Waals surface area contributed by atoms with Crippen LogP contribution in [0.2, 0.25) is 0 Å². The Morgan fingerprint density at radius 1 is 0.974 bits per heavy atom. The first kappa shape index (κ1) is 26.9. The first-order chi connectivity index (χ1) is 18.3. The van der Waals surface area contributed by atoms with Crippen LogP contribution in [0.4, 0.5) is 0 Å². The highest BCUT2D eigenvalue weighted by molar-refractivity contribution is 7.99. The van der Waals surface area contributed by atoms with Gasteiger partial charge in [0, 0.05) is 11.3 Å². The smallest absolute Gasteiger partial charge is 0.250 e. The molecule has 3 aromatic carbocycles. The number of ether oxygens (including phenoxy) is 2. The fourth-order valence-electron chi connectivity index (χ4n) is 3.75. The molecule has 0 aliphatic rings. The van der Waals surface area contributed by atoms with E-state index in [9.17, 15) is 4.79 Å². The lowest BCUT2D eigenvalue weighted by molar-refractivity contribution is -0.118. The number of hydrazone groups is 1. The van der Waals surface area contributed by atoms with Gasteiger partial charge in [0.15, 0.2) is 22.5 Å². The molecule has 9 heteroatoms. The first-order valence-corrected chi connectivity index (χ1v) is 13.1. The molecule has 4 rings (SSSR count). The molecule has 0 aliphatic carbocycles. The number of para-hydroxylation sites is 1. The van der Waals surface area contributed by atoms with Gasteiger partial charge in [-0.1, -0.05) is 75.0 Å². The molecule has 196 valence electrons. The quantitative estimate of drug-likeness (QED) is 0.175. The van der Waals surface area contributed by atoms with Gasteiger partial charge in [-0.05, 0) is 46.9 Å². The van der Waals surface area contributed by atoms with Gasteiger partial charge >= 0.3 is 0 Å². The number of thioether (sulfide) groups is 1. The molecular formula is C29H31N5O3S. The number of methoxy groups -OCH3 is 2. The maximum atomic E-state index is 12.5. The molecule has 0 saturated carbocycles. The van der Waals surface area contributed by atoms with E-state index >= 15 is 0 Å². The van der Waals surface area contributed by atoms with E-state index in [1.54, 1.807) is 20.4 Å². The molecule has 1 heterocycles. The Hall–Kier alpha value is -4.11. The van der Waals surface area contributed by atoms with Gasteiger partial charge in [0.25, 0.3) is 5.91 Å².